The second kappa shape index (κ2) is 13.2. The van der Waals surface area contributed by atoms with Crippen molar-refractivity contribution in [2.45, 2.75) is 13.8 Å². The number of benzene rings is 6. The first-order valence-corrected chi connectivity index (χ1v) is 19.3. The summed E-state index contributed by atoms with van der Waals surface area (Å²) in [5.74, 6) is 0. The SMILES string of the molecule is Cc1ccccc1B1O[Si](c2ccccc2)(c2ccccc2)OB(c2ccccc2C)O[Si](c2ccccc2)(c2ccccc2)O1. The molecule has 0 spiro atoms. The molecule has 0 aliphatic carbocycles. The quantitative estimate of drug-likeness (QED) is 0.261. The Morgan fingerprint density at radius 2 is 0.565 bits per heavy atom. The molecule has 1 aliphatic heterocycles. The summed E-state index contributed by atoms with van der Waals surface area (Å²) in [6.07, 6.45) is 0. The van der Waals surface area contributed by atoms with Gasteiger partial charge in [-0.3, -0.25) is 0 Å². The third-order valence-electron chi connectivity index (χ3n) is 8.59. The van der Waals surface area contributed by atoms with E-state index in [4.69, 9.17) is 17.4 Å². The lowest BCUT2D eigenvalue weighted by atomic mass is 9.77. The highest BCUT2D eigenvalue weighted by Gasteiger charge is 2.58. The Morgan fingerprint density at radius 3 is 0.826 bits per heavy atom. The Balaban J connectivity index is 1.54. The predicted octanol–water partition coefficient (Wildman–Crippen LogP) is 3.99. The maximum absolute atomic E-state index is 7.56. The van der Waals surface area contributed by atoms with Crippen LogP contribution in [0.4, 0.5) is 0 Å². The molecule has 0 amide bonds. The fourth-order valence-corrected chi connectivity index (χ4v) is 12.7. The second-order valence-corrected chi connectivity index (χ2v) is 17.3. The minimum absolute atomic E-state index is 0.793. The van der Waals surface area contributed by atoms with Crippen LogP contribution in [0.1, 0.15) is 11.1 Å². The summed E-state index contributed by atoms with van der Waals surface area (Å²) in [6, 6.07) is 57.7. The zero-order chi connectivity index (χ0) is 31.4. The van der Waals surface area contributed by atoms with Gasteiger partial charge in [0.05, 0.1) is 0 Å². The van der Waals surface area contributed by atoms with Gasteiger partial charge >= 0.3 is 31.4 Å². The number of hydrogen-bond acceptors (Lipinski definition) is 4. The van der Waals surface area contributed by atoms with Crippen LogP contribution in [0.15, 0.2) is 170 Å². The molecule has 0 saturated carbocycles. The fraction of sp³-hybridized carbons (Fsp3) is 0.0526. The Labute approximate surface area is 274 Å². The van der Waals surface area contributed by atoms with E-state index in [1.54, 1.807) is 0 Å². The molecule has 1 aliphatic rings. The summed E-state index contributed by atoms with van der Waals surface area (Å²) in [5.41, 5.74) is 4.01. The Bertz CT molecular complexity index is 1660. The molecule has 1 fully saturated rings. The second-order valence-electron chi connectivity index (χ2n) is 11.5. The van der Waals surface area contributed by atoms with Gasteiger partial charge in [0.15, 0.2) is 0 Å². The van der Waals surface area contributed by atoms with Gasteiger partial charge in [-0.2, -0.15) is 0 Å². The maximum atomic E-state index is 7.56. The monoisotopic (exact) mass is 632 g/mol. The van der Waals surface area contributed by atoms with Gasteiger partial charge in [0.1, 0.15) is 0 Å². The van der Waals surface area contributed by atoms with Gasteiger partial charge in [0, 0.05) is 0 Å². The van der Waals surface area contributed by atoms with E-state index in [9.17, 15) is 0 Å². The van der Waals surface area contributed by atoms with E-state index in [1.165, 1.54) is 0 Å². The van der Waals surface area contributed by atoms with Crippen molar-refractivity contribution in [2.75, 3.05) is 0 Å². The number of rotatable bonds is 6. The smallest absolute Gasteiger partial charge is 0.423 e. The number of aryl methyl sites for hydroxylation is 2. The molecule has 6 aromatic carbocycles. The zero-order valence-electron chi connectivity index (χ0n) is 26.0. The average molecular weight is 632 g/mol. The molecule has 46 heavy (non-hydrogen) atoms. The fourth-order valence-electron chi connectivity index (χ4n) is 6.17. The van der Waals surface area contributed by atoms with Crippen LogP contribution in [-0.2, 0) is 17.4 Å². The molecule has 6 aromatic rings. The van der Waals surface area contributed by atoms with Gasteiger partial charge in [0.2, 0.25) is 0 Å². The van der Waals surface area contributed by atoms with Crippen molar-refractivity contribution in [1.82, 2.24) is 0 Å². The van der Waals surface area contributed by atoms with Crippen molar-refractivity contribution in [2.24, 2.45) is 0 Å². The summed E-state index contributed by atoms with van der Waals surface area (Å²) in [5, 5.41) is 3.89. The highest BCUT2D eigenvalue weighted by atomic mass is 28.4. The molecule has 0 radical (unpaired) electrons. The number of hydrogen-bond donors (Lipinski definition) is 0. The predicted molar refractivity (Wildman–Crippen MR) is 193 cm³/mol. The van der Waals surface area contributed by atoms with Crippen LogP contribution < -0.4 is 31.7 Å². The normalized spacial score (nSPS) is 16.0. The van der Waals surface area contributed by atoms with E-state index >= 15 is 0 Å². The van der Waals surface area contributed by atoms with E-state index in [1.807, 2.05) is 97.1 Å². The van der Waals surface area contributed by atoms with E-state index < -0.39 is 31.4 Å². The molecule has 224 valence electrons. The average Bonchev–Trinajstić information content (AvgIpc) is 3.11. The molecule has 0 unspecified atom stereocenters. The third-order valence-corrected chi connectivity index (χ3v) is 15.1. The molecule has 0 bridgehead atoms. The molecule has 8 heteroatoms. The van der Waals surface area contributed by atoms with Crippen LogP contribution in [0.5, 0.6) is 0 Å². The third kappa shape index (κ3) is 5.76. The van der Waals surface area contributed by atoms with E-state index in [2.05, 4.69) is 86.6 Å². The summed E-state index contributed by atoms with van der Waals surface area (Å²) >= 11 is 0. The van der Waals surface area contributed by atoms with Gasteiger partial charge < -0.3 is 17.4 Å². The van der Waals surface area contributed by atoms with E-state index in [0.29, 0.717) is 0 Å². The van der Waals surface area contributed by atoms with Crippen LogP contribution in [0.25, 0.3) is 0 Å². The summed E-state index contributed by atoms with van der Waals surface area (Å²) in [7, 11) is -8.68. The van der Waals surface area contributed by atoms with Gasteiger partial charge in [0.25, 0.3) is 0 Å². The topological polar surface area (TPSA) is 36.9 Å². The minimum Gasteiger partial charge on any atom is -0.423 e. The van der Waals surface area contributed by atoms with Crippen LogP contribution >= 0.6 is 0 Å². The first-order chi connectivity index (χ1) is 22.6. The van der Waals surface area contributed by atoms with Crippen LogP contribution in [-0.4, -0.2) is 31.4 Å². The molecule has 0 aromatic heterocycles. The molecule has 1 saturated heterocycles. The molecular formula is C38H34B2O4Si2. The molecule has 1 heterocycles. The lowest BCUT2D eigenvalue weighted by molar-refractivity contribution is 0.288. The molecule has 0 atom stereocenters. The Hall–Kier alpha value is -4.28. The largest absolute Gasteiger partial charge is 0.476 e. The molecule has 4 nitrogen and oxygen atoms in total. The van der Waals surface area contributed by atoms with Crippen LogP contribution in [0, 0.1) is 13.8 Å². The first-order valence-electron chi connectivity index (χ1n) is 15.6. The van der Waals surface area contributed by atoms with Gasteiger partial charge in [-0.15, -0.1) is 0 Å². The van der Waals surface area contributed by atoms with Crippen molar-refractivity contribution in [3.05, 3.63) is 181 Å². The Kier molecular flexibility index (Phi) is 8.73. The van der Waals surface area contributed by atoms with Crippen molar-refractivity contribution < 1.29 is 17.4 Å². The van der Waals surface area contributed by atoms with Gasteiger partial charge in [-0.05, 0) is 45.5 Å². The van der Waals surface area contributed by atoms with Gasteiger partial charge in [-0.1, -0.05) is 181 Å². The lowest BCUT2D eigenvalue weighted by Gasteiger charge is -2.45. The standard InChI is InChI=1S/C38H34B2O4Si2/c1-31-19-15-17-29-37(31)39-41-45(33-21-7-3-8-22-33,34-23-9-4-10-24-34)43-40(38-30-18-16-20-32(38)2)44-46(42-39,35-25-11-5-12-26-35)36-27-13-6-14-28-36/h3-30H,1-2H3. The van der Waals surface area contributed by atoms with E-state index in [0.717, 1.165) is 42.8 Å². The lowest BCUT2D eigenvalue weighted by Crippen LogP contribution is -2.78. The summed E-state index contributed by atoms with van der Waals surface area (Å²) < 4.78 is 30.2. The first kappa shape index (κ1) is 30.4. The summed E-state index contributed by atoms with van der Waals surface area (Å²) in [4.78, 5) is 0. The highest BCUT2D eigenvalue weighted by Crippen LogP contribution is 2.24. The maximum Gasteiger partial charge on any atom is 0.476 e. The molecule has 7 rings (SSSR count). The van der Waals surface area contributed by atoms with Crippen molar-refractivity contribution >= 4 is 63.0 Å². The van der Waals surface area contributed by atoms with Crippen molar-refractivity contribution in [3.8, 4) is 0 Å². The van der Waals surface area contributed by atoms with Crippen LogP contribution in [0.2, 0.25) is 0 Å². The van der Waals surface area contributed by atoms with Crippen molar-refractivity contribution in [1.29, 1.82) is 0 Å². The van der Waals surface area contributed by atoms with Crippen molar-refractivity contribution in [3.63, 3.8) is 0 Å². The summed E-state index contributed by atoms with van der Waals surface area (Å²) in [6.45, 7) is 4.20. The minimum atomic E-state index is -3.55. The molecular weight excluding hydrogens is 598 g/mol. The van der Waals surface area contributed by atoms with Crippen LogP contribution in [0.3, 0.4) is 0 Å². The zero-order valence-corrected chi connectivity index (χ0v) is 28.0. The molecule has 0 N–H and O–H groups in total. The van der Waals surface area contributed by atoms with Gasteiger partial charge in [-0.25, -0.2) is 0 Å². The highest BCUT2D eigenvalue weighted by molar-refractivity contribution is 7.06. The van der Waals surface area contributed by atoms with E-state index in [-0.39, 0.29) is 0 Å². The Morgan fingerprint density at radius 1 is 0.326 bits per heavy atom.